The number of fused-ring (bicyclic) bond motifs is 1. The van der Waals surface area contributed by atoms with E-state index in [1.165, 1.54) is 21.7 Å². The van der Waals surface area contributed by atoms with Gasteiger partial charge in [0.2, 0.25) is 5.91 Å². The molecule has 188 valence electrons. The summed E-state index contributed by atoms with van der Waals surface area (Å²) in [5, 5.41) is 0.524. The third kappa shape index (κ3) is 4.94. The first-order valence-electron chi connectivity index (χ1n) is 11.6. The highest BCUT2D eigenvalue weighted by atomic mass is 35.5. The summed E-state index contributed by atoms with van der Waals surface area (Å²) in [6.45, 7) is 3.69. The highest BCUT2D eigenvalue weighted by molar-refractivity contribution is 7.91. The smallest absolute Gasteiger partial charge is 0.253 e. The lowest BCUT2D eigenvalue weighted by molar-refractivity contribution is -0.122. The lowest BCUT2D eigenvalue weighted by Crippen LogP contribution is -2.49. The Balaban J connectivity index is 1.50. The molecule has 0 radical (unpaired) electrons. The Morgan fingerprint density at radius 1 is 1.26 bits per heavy atom. The molecule has 2 aliphatic rings. The van der Waals surface area contributed by atoms with Gasteiger partial charge in [0.25, 0.3) is 10.0 Å². The van der Waals surface area contributed by atoms with Crippen LogP contribution in [0.1, 0.15) is 32.6 Å². The summed E-state index contributed by atoms with van der Waals surface area (Å²) in [4.78, 5) is 20.4. The van der Waals surface area contributed by atoms with Crippen LogP contribution in [0.25, 0.3) is 10.2 Å². The SMILES string of the molecule is CCOc1cccc2sc(N(CC3CCCO3)C(=O)C3CCCN3S(=O)(=O)c3ccc(Cl)s3)nc12. The number of ether oxygens (including phenoxy) is 2. The average Bonchev–Trinajstić information content (AvgIpc) is 3.64. The maximum absolute atomic E-state index is 14.0. The first-order valence-corrected chi connectivity index (χ1v) is 15.1. The van der Waals surface area contributed by atoms with E-state index < -0.39 is 16.1 Å². The van der Waals surface area contributed by atoms with Crippen molar-refractivity contribution in [2.24, 2.45) is 0 Å². The van der Waals surface area contributed by atoms with Crippen LogP contribution < -0.4 is 9.64 Å². The van der Waals surface area contributed by atoms with Crippen LogP contribution in [0.4, 0.5) is 5.13 Å². The number of thiophene rings is 1. The normalized spacial score (nSPS) is 21.1. The van der Waals surface area contributed by atoms with E-state index in [0.717, 1.165) is 28.9 Å². The number of thiazole rings is 1. The minimum Gasteiger partial charge on any atom is -0.492 e. The van der Waals surface area contributed by atoms with Crippen molar-refractivity contribution in [3.8, 4) is 5.75 Å². The maximum atomic E-state index is 14.0. The molecule has 2 unspecified atom stereocenters. The fraction of sp³-hybridized carbons (Fsp3) is 0.478. The molecule has 2 aromatic heterocycles. The van der Waals surface area contributed by atoms with Crippen LogP contribution >= 0.6 is 34.3 Å². The Morgan fingerprint density at radius 3 is 2.83 bits per heavy atom. The molecule has 1 amide bonds. The third-order valence-corrected chi connectivity index (χ3v) is 10.8. The Kier molecular flexibility index (Phi) is 7.34. The Labute approximate surface area is 217 Å². The van der Waals surface area contributed by atoms with E-state index in [9.17, 15) is 13.2 Å². The summed E-state index contributed by atoms with van der Waals surface area (Å²) in [5.74, 6) is 0.387. The zero-order chi connectivity index (χ0) is 24.6. The van der Waals surface area contributed by atoms with Gasteiger partial charge >= 0.3 is 0 Å². The van der Waals surface area contributed by atoms with E-state index in [-0.39, 0.29) is 22.8 Å². The van der Waals surface area contributed by atoms with Crippen LogP contribution in [0, 0.1) is 0 Å². The number of hydrogen-bond acceptors (Lipinski definition) is 8. The second kappa shape index (κ2) is 10.3. The van der Waals surface area contributed by atoms with Gasteiger partial charge in [-0.05, 0) is 56.9 Å². The van der Waals surface area contributed by atoms with Crippen LogP contribution in [0.2, 0.25) is 4.34 Å². The number of para-hydroxylation sites is 1. The second-order valence-electron chi connectivity index (χ2n) is 8.45. The van der Waals surface area contributed by atoms with Gasteiger partial charge in [-0.1, -0.05) is 29.0 Å². The molecule has 0 N–H and O–H groups in total. The quantitative estimate of drug-likeness (QED) is 0.397. The van der Waals surface area contributed by atoms with Gasteiger partial charge in [0.1, 0.15) is 21.5 Å². The van der Waals surface area contributed by atoms with Crippen molar-refractivity contribution in [2.75, 3.05) is 31.2 Å². The van der Waals surface area contributed by atoms with Crippen LogP contribution in [0.15, 0.2) is 34.5 Å². The van der Waals surface area contributed by atoms with E-state index in [1.54, 1.807) is 11.0 Å². The molecule has 4 heterocycles. The topological polar surface area (TPSA) is 89.0 Å². The number of amides is 1. The summed E-state index contributed by atoms with van der Waals surface area (Å²) in [6, 6.07) is 7.96. The van der Waals surface area contributed by atoms with E-state index in [1.807, 2.05) is 25.1 Å². The summed E-state index contributed by atoms with van der Waals surface area (Å²) in [7, 11) is -3.84. The number of sulfonamides is 1. The highest BCUT2D eigenvalue weighted by Gasteiger charge is 2.43. The molecule has 2 saturated heterocycles. The molecule has 8 nitrogen and oxygen atoms in total. The molecule has 0 bridgehead atoms. The molecular formula is C23H26ClN3O5S3. The molecule has 5 rings (SSSR count). The number of hydrogen-bond donors (Lipinski definition) is 0. The van der Waals surface area contributed by atoms with Gasteiger partial charge in [0, 0.05) is 13.2 Å². The minimum atomic E-state index is -3.84. The number of carbonyl (C=O) groups excluding carboxylic acids is 1. The molecule has 2 fully saturated rings. The molecule has 2 aliphatic heterocycles. The van der Waals surface area contributed by atoms with Crippen molar-refractivity contribution in [2.45, 2.75) is 49.0 Å². The zero-order valence-electron chi connectivity index (χ0n) is 19.2. The van der Waals surface area contributed by atoms with Gasteiger partial charge in [-0.25, -0.2) is 13.4 Å². The van der Waals surface area contributed by atoms with Gasteiger partial charge in [-0.2, -0.15) is 4.31 Å². The molecule has 0 spiro atoms. The number of anilines is 1. The fourth-order valence-electron chi connectivity index (χ4n) is 4.56. The standard InChI is InChI=1S/C23H26ClN3O5S3/c1-2-31-17-8-3-9-18-21(17)25-23(33-18)26(14-15-6-5-13-32-15)22(28)16-7-4-12-27(16)35(29,30)20-11-10-19(24)34-20/h3,8-11,15-16H,2,4-7,12-14H2,1H3. The van der Waals surface area contributed by atoms with Crippen LogP contribution in [0.5, 0.6) is 5.75 Å². The zero-order valence-corrected chi connectivity index (χ0v) is 22.4. The molecule has 0 saturated carbocycles. The van der Waals surface area contributed by atoms with Crippen molar-refractivity contribution in [1.82, 2.24) is 9.29 Å². The van der Waals surface area contributed by atoms with Crippen molar-refractivity contribution in [3.05, 3.63) is 34.7 Å². The van der Waals surface area contributed by atoms with E-state index in [4.69, 9.17) is 26.1 Å². The van der Waals surface area contributed by atoms with Crippen molar-refractivity contribution >= 4 is 65.6 Å². The fourth-order valence-corrected chi connectivity index (χ4v) is 8.82. The Hall–Kier alpha value is -1.76. The van der Waals surface area contributed by atoms with Gasteiger partial charge < -0.3 is 9.47 Å². The molecular weight excluding hydrogens is 530 g/mol. The molecule has 12 heteroatoms. The summed E-state index contributed by atoms with van der Waals surface area (Å²) in [5.41, 5.74) is 0.698. The number of nitrogens with zero attached hydrogens (tertiary/aromatic N) is 3. The molecule has 3 aromatic rings. The first kappa shape index (κ1) is 24.9. The van der Waals surface area contributed by atoms with Gasteiger partial charge in [-0.15, -0.1) is 11.3 Å². The summed E-state index contributed by atoms with van der Waals surface area (Å²) < 4.78 is 41.1. The van der Waals surface area contributed by atoms with Crippen LogP contribution in [-0.2, 0) is 19.6 Å². The number of aromatic nitrogens is 1. The molecule has 1 aromatic carbocycles. The third-order valence-electron chi connectivity index (χ3n) is 6.18. The minimum absolute atomic E-state index is 0.111. The van der Waals surface area contributed by atoms with E-state index in [0.29, 0.717) is 53.3 Å². The number of rotatable bonds is 8. The predicted octanol–water partition coefficient (Wildman–Crippen LogP) is 4.78. The van der Waals surface area contributed by atoms with Crippen LogP contribution in [0.3, 0.4) is 0 Å². The second-order valence-corrected chi connectivity index (χ2v) is 13.3. The van der Waals surface area contributed by atoms with Gasteiger partial charge in [0.05, 0.1) is 28.3 Å². The summed E-state index contributed by atoms with van der Waals surface area (Å²) >= 11 is 8.40. The molecule has 35 heavy (non-hydrogen) atoms. The van der Waals surface area contributed by atoms with Crippen molar-refractivity contribution in [1.29, 1.82) is 0 Å². The van der Waals surface area contributed by atoms with E-state index in [2.05, 4.69) is 0 Å². The predicted molar refractivity (Wildman–Crippen MR) is 138 cm³/mol. The lowest BCUT2D eigenvalue weighted by Gasteiger charge is -2.29. The van der Waals surface area contributed by atoms with E-state index >= 15 is 0 Å². The highest BCUT2D eigenvalue weighted by Crippen LogP contribution is 2.37. The number of carbonyl (C=O) groups is 1. The lowest BCUT2D eigenvalue weighted by atomic mass is 10.2. The molecule has 2 atom stereocenters. The van der Waals surface area contributed by atoms with Crippen LogP contribution in [-0.4, -0.2) is 62.1 Å². The maximum Gasteiger partial charge on any atom is 0.253 e. The van der Waals surface area contributed by atoms with Crippen molar-refractivity contribution < 1.29 is 22.7 Å². The first-order chi connectivity index (χ1) is 16.9. The Bertz CT molecular complexity index is 1320. The number of halogens is 1. The summed E-state index contributed by atoms with van der Waals surface area (Å²) in [6.07, 6.45) is 2.73. The average molecular weight is 556 g/mol. The Morgan fingerprint density at radius 2 is 2.11 bits per heavy atom. The largest absolute Gasteiger partial charge is 0.492 e. The molecule has 0 aliphatic carbocycles. The monoisotopic (exact) mass is 555 g/mol. The van der Waals surface area contributed by atoms with Gasteiger partial charge in [0.15, 0.2) is 5.13 Å². The van der Waals surface area contributed by atoms with Gasteiger partial charge in [-0.3, -0.25) is 9.69 Å². The van der Waals surface area contributed by atoms with Crippen molar-refractivity contribution in [3.63, 3.8) is 0 Å². The number of benzene rings is 1.